The van der Waals surface area contributed by atoms with Gasteiger partial charge in [-0.25, -0.2) is 9.36 Å². The first-order valence-electron chi connectivity index (χ1n) is 1.23. The van der Waals surface area contributed by atoms with Crippen LogP contribution >= 0.6 is 7.60 Å². The zero-order valence-corrected chi connectivity index (χ0v) is 16.0. The van der Waals surface area contributed by atoms with Crippen LogP contribution in [0.1, 0.15) is 4.28 Å². The van der Waals surface area contributed by atoms with Crippen LogP contribution in [-0.2, 0) is 4.57 Å². The second-order valence-electron chi connectivity index (χ2n) is 0.827. The van der Waals surface area contributed by atoms with Gasteiger partial charge in [0.15, 0.2) is 0 Å². The van der Waals surface area contributed by atoms with Gasteiger partial charge in [0, 0.05) is 0 Å². The van der Waals surface area contributed by atoms with Gasteiger partial charge in [-0.1, -0.05) is 0 Å². The summed E-state index contributed by atoms with van der Waals surface area (Å²) >= 11 is 0. The number of carboxylic acid groups (broad SMARTS) is 1. The fraction of sp³-hybridized carbons (Fsp3) is 0. The van der Waals surface area contributed by atoms with E-state index in [1.54, 1.807) is 0 Å². The number of carbonyl (C=O) groups is 1. The van der Waals surface area contributed by atoms with Crippen LogP contribution in [0.15, 0.2) is 0 Å². The van der Waals surface area contributed by atoms with E-state index < -0.39 is 13.3 Å². The van der Waals surface area contributed by atoms with E-state index in [0.29, 0.717) is 0 Å². The maximum Gasteiger partial charge on any atom is 1.00 e. The van der Waals surface area contributed by atoms with Gasteiger partial charge < -0.3 is 52.0 Å². The molecule has 11 nitrogen and oxygen atoms in total. The molecule has 0 aromatic rings. The van der Waals surface area contributed by atoms with Crippen molar-refractivity contribution in [1.82, 2.24) is 0 Å². The van der Waals surface area contributed by atoms with Gasteiger partial charge >= 0.3 is 102 Å². The molecule has 0 atom stereocenters. The van der Waals surface area contributed by atoms with Crippen molar-refractivity contribution in [3.05, 3.63) is 0 Å². The summed E-state index contributed by atoms with van der Waals surface area (Å²) in [5.41, 5.74) is -2.09. The van der Waals surface area contributed by atoms with E-state index in [9.17, 15) is 9.36 Å². The number of hydrogen-bond donors (Lipinski definition) is 3. The van der Waals surface area contributed by atoms with Crippen molar-refractivity contribution >= 4 is 13.3 Å². The fourth-order valence-corrected chi connectivity index (χ4v) is 0. The second-order valence-corrected chi connectivity index (χ2v) is 2.30. The van der Waals surface area contributed by atoms with Gasteiger partial charge in [-0.15, -0.1) is 0 Å². The molecule has 0 amide bonds. The minimum absolute atomic E-state index is 0. The van der Waals surface area contributed by atoms with Gasteiger partial charge in [0.2, 0.25) is 0 Å². The topological polar surface area (TPSA) is 284 Å². The molecule has 0 aromatic heterocycles. The monoisotopic (exact) mass is 306 g/mol. The van der Waals surface area contributed by atoms with E-state index in [1.807, 2.05) is 0 Å². The van der Waals surface area contributed by atoms with Crippen LogP contribution in [0.25, 0.3) is 0 Å². The van der Waals surface area contributed by atoms with Crippen molar-refractivity contribution in [3.63, 3.8) is 0 Å². The van der Waals surface area contributed by atoms with Gasteiger partial charge in [0.05, 0.1) is 0 Å². The maximum absolute atomic E-state index is 9.43. The Hall–Kier alpha value is 2.38. The molecule has 0 heterocycles. The minimum atomic E-state index is -4.82. The SMILES string of the molecule is O.O.O.O.O.O.O=C(O)P(=O)(O)O.[H-].[H-].[H-].[Na+].[Na+].[Na+]. The molecule has 0 spiro atoms. The molecular weight excluding hydrogens is 288 g/mol. The minimum Gasteiger partial charge on any atom is -1.00 e. The van der Waals surface area contributed by atoms with E-state index in [-0.39, 0.29) is 126 Å². The Bertz CT molecular complexity index is 145. The Kier molecular flexibility index (Phi) is 178. The molecule has 16 heavy (non-hydrogen) atoms. The Balaban J connectivity index is -0.00000000273. The van der Waals surface area contributed by atoms with Crippen molar-refractivity contribution in [1.29, 1.82) is 0 Å². The van der Waals surface area contributed by atoms with Crippen LogP contribution in [0.5, 0.6) is 0 Å². The molecule has 0 fully saturated rings. The van der Waals surface area contributed by atoms with Gasteiger partial charge in [-0.05, 0) is 0 Å². The predicted molar refractivity (Wildman–Crippen MR) is 45.1 cm³/mol. The first-order valence-corrected chi connectivity index (χ1v) is 2.85. The predicted octanol–water partition coefficient (Wildman–Crippen LogP) is -13.8. The third-order valence-electron chi connectivity index (χ3n) is 0.249. The summed E-state index contributed by atoms with van der Waals surface area (Å²) in [5, 5.41) is 7.49. The van der Waals surface area contributed by atoms with Crippen LogP contribution in [0.4, 0.5) is 4.79 Å². The largest absolute Gasteiger partial charge is 1.00 e. The smallest absolute Gasteiger partial charge is 1.00 e. The molecule has 15 N–H and O–H groups in total. The first kappa shape index (κ1) is 79.1. The zero-order chi connectivity index (χ0) is 6.08. The van der Waals surface area contributed by atoms with Crippen molar-refractivity contribution < 1.29 is 150 Å². The fourth-order valence-electron chi connectivity index (χ4n) is 0. The molecule has 0 aromatic carbocycles. The van der Waals surface area contributed by atoms with Gasteiger partial charge in [0.1, 0.15) is 0 Å². The van der Waals surface area contributed by atoms with Crippen LogP contribution in [0, 0.1) is 0 Å². The van der Waals surface area contributed by atoms with Crippen molar-refractivity contribution in [2.75, 3.05) is 0 Å². The first-order chi connectivity index (χ1) is 2.94. The third kappa shape index (κ3) is 55.2. The van der Waals surface area contributed by atoms with Crippen LogP contribution in [-0.4, -0.2) is 53.5 Å². The normalized spacial score (nSPS) is 4.88. The van der Waals surface area contributed by atoms with Gasteiger partial charge in [0.25, 0.3) is 0 Å². The Morgan fingerprint density at radius 3 is 0.875 bits per heavy atom. The van der Waals surface area contributed by atoms with Crippen LogP contribution in [0.2, 0.25) is 0 Å². The Labute approximate surface area is 161 Å². The molecule has 0 unspecified atom stereocenters. The molecule has 0 radical (unpaired) electrons. The molecular formula is CH18Na3O11P. The van der Waals surface area contributed by atoms with E-state index in [0.717, 1.165) is 0 Å². The van der Waals surface area contributed by atoms with Crippen LogP contribution in [0.3, 0.4) is 0 Å². The number of rotatable bonds is 1. The van der Waals surface area contributed by atoms with Crippen molar-refractivity contribution in [3.8, 4) is 0 Å². The molecule has 0 bridgehead atoms. The van der Waals surface area contributed by atoms with E-state index in [4.69, 9.17) is 14.9 Å². The molecule has 0 saturated heterocycles. The van der Waals surface area contributed by atoms with Crippen molar-refractivity contribution in [2.24, 2.45) is 0 Å². The Morgan fingerprint density at radius 2 is 0.875 bits per heavy atom. The summed E-state index contributed by atoms with van der Waals surface area (Å²) in [4.78, 5) is 24.5. The standard InChI is InChI=1S/CH3O5P.3Na.6H2O.3H/c2-1(3)7(4,5)6;;;;;;;;;;;;/h(H,2,3)(H2,4,5,6);;;;6*1H2;;;/q;3*+1;;;;;;;3*-1. The van der Waals surface area contributed by atoms with Crippen molar-refractivity contribution in [2.45, 2.75) is 0 Å². The Morgan fingerprint density at radius 1 is 0.812 bits per heavy atom. The molecule has 0 aliphatic heterocycles. The van der Waals surface area contributed by atoms with Crippen LogP contribution < -0.4 is 88.7 Å². The third-order valence-corrected chi connectivity index (χ3v) is 0.748. The summed E-state index contributed by atoms with van der Waals surface area (Å²) in [6.07, 6.45) is 0. The molecule has 0 rings (SSSR count). The molecule has 96 valence electrons. The maximum atomic E-state index is 9.43. The summed E-state index contributed by atoms with van der Waals surface area (Å²) in [7, 11) is -4.82. The quantitative estimate of drug-likeness (QED) is 0.313. The van der Waals surface area contributed by atoms with Gasteiger partial charge in [-0.2, -0.15) is 0 Å². The van der Waals surface area contributed by atoms with E-state index >= 15 is 0 Å². The summed E-state index contributed by atoms with van der Waals surface area (Å²) in [6, 6.07) is 0. The summed E-state index contributed by atoms with van der Waals surface area (Å²) in [6.45, 7) is 0. The number of hydrogen-bond acceptors (Lipinski definition) is 2. The zero-order valence-electron chi connectivity index (χ0n) is 12.1. The molecule has 0 saturated carbocycles. The van der Waals surface area contributed by atoms with E-state index in [1.165, 1.54) is 0 Å². The molecule has 15 heteroatoms. The second kappa shape index (κ2) is 36.0. The molecule has 0 aliphatic rings. The summed E-state index contributed by atoms with van der Waals surface area (Å²) < 4.78 is 9.43. The molecule has 0 aliphatic carbocycles. The average Bonchev–Trinajstić information content (AvgIpc) is 1.31. The van der Waals surface area contributed by atoms with Gasteiger partial charge in [-0.3, -0.25) is 0 Å². The average molecular weight is 306 g/mol. The van der Waals surface area contributed by atoms with E-state index in [2.05, 4.69) is 0 Å². The summed E-state index contributed by atoms with van der Waals surface area (Å²) in [5.74, 6) is 0.